The topological polar surface area (TPSA) is 58.7 Å². The van der Waals surface area contributed by atoms with Crippen molar-refractivity contribution in [2.24, 2.45) is 7.05 Å². The molecule has 0 saturated heterocycles. The zero-order valence-electron chi connectivity index (χ0n) is 9.87. The Morgan fingerprint density at radius 1 is 1.39 bits per heavy atom. The highest BCUT2D eigenvalue weighted by Crippen LogP contribution is 2.07. The number of ketones is 1. The molecule has 0 radical (unpaired) electrons. The van der Waals surface area contributed by atoms with Crippen LogP contribution in [-0.2, 0) is 7.05 Å². The number of benzene rings is 1. The minimum Gasteiger partial charge on any atom is -0.289 e. The first-order valence-electron chi connectivity index (χ1n) is 5.40. The van der Waals surface area contributed by atoms with Crippen molar-refractivity contribution >= 4 is 11.9 Å². The summed E-state index contributed by atoms with van der Waals surface area (Å²) in [5, 5.41) is 12.7. The van der Waals surface area contributed by atoms with Gasteiger partial charge in [0.05, 0.1) is 17.8 Å². The highest BCUT2D eigenvalue weighted by Gasteiger charge is 2.01. The minimum atomic E-state index is -0.0941. The number of aromatic nitrogens is 2. The van der Waals surface area contributed by atoms with E-state index >= 15 is 0 Å². The predicted octanol–water partition coefficient (Wildman–Crippen LogP) is 2.19. The molecule has 2 rings (SSSR count). The number of carbonyl (C=O) groups excluding carboxylic acids is 1. The molecular formula is C14H11N3O. The third kappa shape index (κ3) is 2.71. The summed E-state index contributed by atoms with van der Waals surface area (Å²) < 4.78 is 1.67. The van der Waals surface area contributed by atoms with Gasteiger partial charge in [0.15, 0.2) is 5.78 Å². The molecule has 0 aliphatic heterocycles. The van der Waals surface area contributed by atoms with Gasteiger partial charge < -0.3 is 0 Å². The van der Waals surface area contributed by atoms with Gasteiger partial charge >= 0.3 is 0 Å². The molecule has 4 heteroatoms. The van der Waals surface area contributed by atoms with E-state index in [9.17, 15) is 4.79 Å². The van der Waals surface area contributed by atoms with E-state index in [1.54, 1.807) is 41.2 Å². The number of hydrogen-bond donors (Lipinski definition) is 0. The highest BCUT2D eigenvalue weighted by molar-refractivity contribution is 6.06. The number of hydrogen-bond acceptors (Lipinski definition) is 3. The van der Waals surface area contributed by atoms with Crippen molar-refractivity contribution in [3.63, 3.8) is 0 Å². The fourth-order valence-electron chi connectivity index (χ4n) is 1.50. The maximum Gasteiger partial charge on any atom is 0.185 e. The van der Waals surface area contributed by atoms with E-state index in [4.69, 9.17) is 5.26 Å². The number of allylic oxidation sites excluding steroid dienone is 1. The Kier molecular flexibility index (Phi) is 3.35. The molecule has 0 saturated carbocycles. The molecule has 4 nitrogen and oxygen atoms in total. The molecule has 0 amide bonds. The smallest absolute Gasteiger partial charge is 0.185 e. The van der Waals surface area contributed by atoms with Gasteiger partial charge in [0.1, 0.15) is 0 Å². The zero-order valence-corrected chi connectivity index (χ0v) is 9.87. The SMILES string of the molecule is Cn1cc(/C=C/C(=O)c2ccc(C#N)cc2)cn1. The lowest BCUT2D eigenvalue weighted by Gasteiger charge is -1.95. The number of aryl methyl sites for hydroxylation is 1. The summed E-state index contributed by atoms with van der Waals surface area (Å²) >= 11 is 0. The Morgan fingerprint density at radius 3 is 2.67 bits per heavy atom. The van der Waals surface area contributed by atoms with Gasteiger partial charge in [0.2, 0.25) is 0 Å². The summed E-state index contributed by atoms with van der Waals surface area (Å²) in [5.74, 6) is -0.0941. The molecule has 0 unspecified atom stereocenters. The lowest BCUT2D eigenvalue weighted by atomic mass is 10.1. The van der Waals surface area contributed by atoms with Gasteiger partial charge in [-0.2, -0.15) is 10.4 Å². The number of nitrogens with zero attached hydrogens (tertiary/aromatic N) is 3. The maximum atomic E-state index is 11.8. The summed E-state index contributed by atoms with van der Waals surface area (Å²) in [4.78, 5) is 11.8. The summed E-state index contributed by atoms with van der Waals surface area (Å²) in [7, 11) is 1.82. The Labute approximate surface area is 105 Å². The average Bonchev–Trinajstić information content (AvgIpc) is 2.82. The van der Waals surface area contributed by atoms with Crippen LogP contribution in [-0.4, -0.2) is 15.6 Å². The Hall–Kier alpha value is -2.67. The molecule has 0 fully saturated rings. The van der Waals surface area contributed by atoms with E-state index in [0.717, 1.165) is 5.56 Å². The summed E-state index contributed by atoms with van der Waals surface area (Å²) in [6, 6.07) is 8.57. The van der Waals surface area contributed by atoms with Crippen LogP contribution >= 0.6 is 0 Å². The predicted molar refractivity (Wildman–Crippen MR) is 67.7 cm³/mol. The molecule has 88 valence electrons. The molecule has 1 aromatic carbocycles. The second-order valence-electron chi connectivity index (χ2n) is 3.83. The van der Waals surface area contributed by atoms with Gasteiger partial charge in [0.25, 0.3) is 0 Å². The van der Waals surface area contributed by atoms with Crippen LogP contribution in [0.15, 0.2) is 42.7 Å². The first-order valence-corrected chi connectivity index (χ1v) is 5.40. The van der Waals surface area contributed by atoms with Crippen molar-refractivity contribution in [1.29, 1.82) is 5.26 Å². The van der Waals surface area contributed by atoms with Crippen molar-refractivity contribution in [3.8, 4) is 6.07 Å². The summed E-state index contributed by atoms with van der Waals surface area (Å²) in [6.45, 7) is 0. The molecule has 0 spiro atoms. The second-order valence-corrected chi connectivity index (χ2v) is 3.83. The van der Waals surface area contributed by atoms with Crippen LogP contribution in [0, 0.1) is 11.3 Å². The van der Waals surface area contributed by atoms with Crippen LogP contribution in [0.5, 0.6) is 0 Å². The zero-order chi connectivity index (χ0) is 13.0. The lowest BCUT2D eigenvalue weighted by Crippen LogP contribution is -1.93. The molecule has 1 heterocycles. The van der Waals surface area contributed by atoms with Crippen LogP contribution in [0.2, 0.25) is 0 Å². The fourth-order valence-corrected chi connectivity index (χ4v) is 1.50. The third-order valence-electron chi connectivity index (χ3n) is 2.45. The Balaban J connectivity index is 2.12. The summed E-state index contributed by atoms with van der Waals surface area (Å²) in [5.41, 5.74) is 1.98. The third-order valence-corrected chi connectivity index (χ3v) is 2.45. The first kappa shape index (κ1) is 11.8. The van der Waals surface area contributed by atoms with Crippen LogP contribution < -0.4 is 0 Å². The lowest BCUT2D eigenvalue weighted by molar-refractivity contribution is 0.104. The average molecular weight is 237 g/mol. The van der Waals surface area contributed by atoms with E-state index in [2.05, 4.69) is 5.10 Å². The van der Waals surface area contributed by atoms with Gasteiger partial charge in [-0.1, -0.05) is 0 Å². The van der Waals surface area contributed by atoms with Gasteiger partial charge in [-0.05, 0) is 36.4 Å². The molecule has 0 N–H and O–H groups in total. The van der Waals surface area contributed by atoms with Gasteiger partial charge in [0, 0.05) is 24.4 Å². The van der Waals surface area contributed by atoms with E-state index in [1.807, 2.05) is 19.3 Å². The minimum absolute atomic E-state index is 0.0941. The molecule has 0 aliphatic carbocycles. The highest BCUT2D eigenvalue weighted by atomic mass is 16.1. The fraction of sp³-hybridized carbons (Fsp3) is 0.0714. The monoisotopic (exact) mass is 237 g/mol. The molecule has 0 aliphatic rings. The standard InChI is InChI=1S/C14H11N3O/c1-17-10-12(9-16-17)4-7-14(18)13-5-2-11(8-15)3-6-13/h2-7,9-10H,1H3/b7-4+. The van der Waals surface area contributed by atoms with Gasteiger partial charge in [-0.15, -0.1) is 0 Å². The number of carbonyl (C=O) groups is 1. The Morgan fingerprint density at radius 2 is 2.11 bits per heavy atom. The van der Waals surface area contributed by atoms with Gasteiger partial charge in [-0.3, -0.25) is 9.48 Å². The number of nitriles is 1. The van der Waals surface area contributed by atoms with Crippen molar-refractivity contribution in [2.75, 3.05) is 0 Å². The molecule has 1 aromatic heterocycles. The molecule has 0 bridgehead atoms. The molecule has 0 atom stereocenters. The van der Waals surface area contributed by atoms with Crippen molar-refractivity contribution in [2.45, 2.75) is 0 Å². The van der Waals surface area contributed by atoms with Crippen molar-refractivity contribution in [1.82, 2.24) is 9.78 Å². The first-order chi connectivity index (χ1) is 8.69. The quantitative estimate of drug-likeness (QED) is 0.607. The van der Waals surface area contributed by atoms with Crippen molar-refractivity contribution < 1.29 is 4.79 Å². The number of rotatable bonds is 3. The van der Waals surface area contributed by atoms with Crippen molar-refractivity contribution in [3.05, 3.63) is 59.4 Å². The maximum absolute atomic E-state index is 11.8. The van der Waals surface area contributed by atoms with E-state index in [1.165, 1.54) is 6.08 Å². The second kappa shape index (κ2) is 5.11. The molecular weight excluding hydrogens is 226 g/mol. The van der Waals surface area contributed by atoms with Crippen LogP contribution in [0.25, 0.3) is 6.08 Å². The van der Waals surface area contributed by atoms with E-state index in [0.29, 0.717) is 11.1 Å². The molecule has 2 aromatic rings. The van der Waals surface area contributed by atoms with E-state index < -0.39 is 0 Å². The Bertz CT molecular complexity index is 630. The molecule has 18 heavy (non-hydrogen) atoms. The van der Waals surface area contributed by atoms with E-state index in [-0.39, 0.29) is 5.78 Å². The normalized spacial score (nSPS) is 10.4. The van der Waals surface area contributed by atoms with Crippen LogP contribution in [0.1, 0.15) is 21.5 Å². The summed E-state index contributed by atoms with van der Waals surface area (Å²) in [6.07, 6.45) is 6.72. The van der Waals surface area contributed by atoms with Crippen LogP contribution in [0.3, 0.4) is 0 Å². The van der Waals surface area contributed by atoms with Gasteiger partial charge in [-0.25, -0.2) is 0 Å². The largest absolute Gasteiger partial charge is 0.289 e. The van der Waals surface area contributed by atoms with Crippen LogP contribution in [0.4, 0.5) is 0 Å².